The summed E-state index contributed by atoms with van der Waals surface area (Å²) < 4.78 is 34.4. The molecule has 3 heterocycles. The average Bonchev–Trinajstić information content (AvgIpc) is 3.37. The van der Waals surface area contributed by atoms with Crippen LogP contribution >= 0.6 is 0 Å². The Morgan fingerprint density at radius 1 is 1.14 bits per heavy atom. The van der Waals surface area contributed by atoms with Crippen LogP contribution in [0, 0.1) is 17.6 Å². The lowest BCUT2D eigenvalue weighted by molar-refractivity contribution is 0.139. The van der Waals surface area contributed by atoms with Gasteiger partial charge in [0, 0.05) is 43.6 Å². The predicted molar refractivity (Wildman–Crippen MR) is 108 cm³/mol. The Bertz CT molecular complexity index is 870. The largest absolute Gasteiger partial charge is 0.493 e. The Labute approximate surface area is 170 Å². The van der Waals surface area contributed by atoms with Gasteiger partial charge in [0.05, 0.1) is 6.61 Å². The number of halogens is 2. The van der Waals surface area contributed by atoms with Crippen LogP contribution in [-0.4, -0.2) is 37.2 Å². The highest BCUT2D eigenvalue weighted by Gasteiger charge is 2.39. The summed E-state index contributed by atoms with van der Waals surface area (Å²) in [5.41, 5.74) is 9.29. The van der Waals surface area contributed by atoms with Crippen molar-refractivity contribution >= 4 is 0 Å². The number of ether oxygens (including phenoxy) is 1. The molecule has 4 nitrogen and oxygen atoms in total. The third kappa shape index (κ3) is 3.77. The summed E-state index contributed by atoms with van der Waals surface area (Å²) in [7, 11) is 0. The number of hydrogen-bond acceptors (Lipinski definition) is 4. The first-order valence-corrected chi connectivity index (χ1v) is 10.6. The molecule has 29 heavy (non-hydrogen) atoms. The van der Waals surface area contributed by atoms with Gasteiger partial charge in [0.1, 0.15) is 17.4 Å². The molecule has 154 valence electrons. The lowest BCUT2D eigenvalue weighted by atomic mass is 9.80. The monoisotopic (exact) mass is 399 g/mol. The first kappa shape index (κ1) is 19.0. The van der Waals surface area contributed by atoms with E-state index < -0.39 is 11.6 Å². The smallest absolute Gasteiger partial charge is 0.129 e. The summed E-state index contributed by atoms with van der Waals surface area (Å²) >= 11 is 0. The summed E-state index contributed by atoms with van der Waals surface area (Å²) in [6, 6.07) is 10.7. The van der Waals surface area contributed by atoms with Crippen LogP contribution in [0.25, 0.3) is 0 Å². The third-order valence-electron chi connectivity index (χ3n) is 6.60. The highest BCUT2D eigenvalue weighted by molar-refractivity contribution is 5.39. The van der Waals surface area contributed by atoms with E-state index in [0.29, 0.717) is 12.5 Å². The van der Waals surface area contributed by atoms with Crippen molar-refractivity contribution in [1.82, 2.24) is 15.8 Å². The molecule has 2 aromatic rings. The first-order chi connectivity index (χ1) is 14.2. The molecule has 0 aromatic heterocycles. The Morgan fingerprint density at radius 3 is 2.86 bits per heavy atom. The van der Waals surface area contributed by atoms with Gasteiger partial charge in [-0.3, -0.25) is 15.8 Å². The van der Waals surface area contributed by atoms with Gasteiger partial charge in [0.25, 0.3) is 0 Å². The van der Waals surface area contributed by atoms with Crippen LogP contribution in [0.15, 0.2) is 36.4 Å². The van der Waals surface area contributed by atoms with Crippen LogP contribution in [0.2, 0.25) is 0 Å². The number of fused-ring (bicyclic) bond motifs is 1. The van der Waals surface area contributed by atoms with Gasteiger partial charge in [-0.05, 0) is 54.6 Å². The van der Waals surface area contributed by atoms with Crippen LogP contribution in [-0.2, 0) is 13.0 Å². The van der Waals surface area contributed by atoms with Crippen molar-refractivity contribution in [2.24, 2.45) is 5.92 Å². The summed E-state index contributed by atoms with van der Waals surface area (Å²) in [4.78, 5) is 2.47. The van der Waals surface area contributed by atoms with Crippen molar-refractivity contribution in [3.8, 4) is 5.75 Å². The molecule has 3 atom stereocenters. The van der Waals surface area contributed by atoms with Crippen molar-refractivity contribution in [2.75, 3.05) is 26.2 Å². The summed E-state index contributed by atoms with van der Waals surface area (Å²) in [6.45, 7) is 4.22. The maximum absolute atomic E-state index is 14.4. The molecule has 0 bridgehead atoms. The number of likely N-dealkylation sites (tertiary alicyclic amines) is 1. The van der Waals surface area contributed by atoms with Crippen molar-refractivity contribution in [3.63, 3.8) is 0 Å². The number of nitrogens with zero attached hydrogens (tertiary/aromatic N) is 1. The number of hydrogen-bond donors (Lipinski definition) is 2. The fourth-order valence-electron chi connectivity index (χ4n) is 5.23. The Balaban J connectivity index is 1.30. The molecule has 0 radical (unpaired) electrons. The van der Waals surface area contributed by atoms with Gasteiger partial charge in [0.2, 0.25) is 0 Å². The van der Waals surface area contributed by atoms with E-state index >= 15 is 0 Å². The summed E-state index contributed by atoms with van der Waals surface area (Å²) in [5, 5.41) is 0. The van der Waals surface area contributed by atoms with Gasteiger partial charge >= 0.3 is 0 Å². The molecule has 0 aliphatic carbocycles. The lowest BCUT2D eigenvalue weighted by Crippen LogP contribution is -2.46. The van der Waals surface area contributed by atoms with Gasteiger partial charge in [-0.15, -0.1) is 0 Å². The number of rotatable bonds is 4. The molecule has 6 heteroatoms. The summed E-state index contributed by atoms with van der Waals surface area (Å²) in [6.07, 6.45) is 3.16. The van der Waals surface area contributed by atoms with Gasteiger partial charge in [0.15, 0.2) is 0 Å². The van der Waals surface area contributed by atoms with Crippen molar-refractivity contribution in [1.29, 1.82) is 0 Å². The maximum Gasteiger partial charge on any atom is 0.129 e. The molecule has 2 N–H and O–H groups in total. The second kappa shape index (κ2) is 8.01. The minimum atomic E-state index is -0.446. The zero-order valence-corrected chi connectivity index (χ0v) is 16.5. The van der Waals surface area contributed by atoms with Gasteiger partial charge in [-0.1, -0.05) is 18.2 Å². The van der Waals surface area contributed by atoms with E-state index in [2.05, 4.69) is 34.0 Å². The van der Waals surface area contributed by atoms with Crippen LogP contribution < -0.4 is 15.6 Å². The molecule has 3 unspecified atom stereocenters. The number of piperidine rings is 1. The maximum atomic E-state index is 14.4. The topological polar surface area (TPSA) is 36.5 Å². The highest BCUT2D eigenvalue weighted by Crippen LogP contribution is 2.34. The van der Waals surface area contributed by atoms with E-state index in [9.17, 15) is 8.78 Å². The van der Waals surface area contributed by atoms with Gasteiger partial charge in [-0.2, -0.15) is 0 Å². The van der Waals surface area contributed by atoms with Crippen LogP contribution in [0.5, 0.6) is 5.75 Å². The standard InChI is InChI=1S/C23H27F2N3O/c24-19-4-1-5-20(25)22(19)18-12-26-27-23(18)17-3-2-9-28(14-17)13-15-6-7-21-16(11-15)8-10-29-21/h1,4-7,11,17-18,23,26-27H,2-3,8-10,12-14H2. The van der Waals surface area contributed by atoms with E-state index in [1.807, 2.05) is 0 Å². The molecule has 2 saturated heterocycles. The zero-order chi connectivity index (χ0) is 19.8. The Kier molecular flexibility index (Phi) is 5.24. The third-order valence-corrected chi connectivity index (χ3v) is 6.60. The summed E-state index contributed by atoms with van der Waals surface area (Å²) in [5.74, 6) is 0.275. The van der Waals surface area contributed by atoms with Crippen molar-refractivity contribution < 1.29 is 13.5 Å². The molecular formula is C23H27F2N3O. The average molecular weight is 399 g/mol. The molecule has 0 spiro atoms. The molecule has 3 aliphatic rings. The zero-order valence-electron chi connectivity index (χ0n) is 16.5. The van der Waals surface area contributed by atoms with Crippen LogP contribution in [0.1, 0.15) is 35.4 Å². The molecule has 5 rings (SSSR count). The Morgan fingerprint density at radius 2 is 2.00 bits per heavy atom. The minimum Gasteiger partial charge on any atom is -0.493 e. The lowest BCUT2D eigenvalue weighted by Gasteiger charge is -2.37. The first-order valence-electron chi connectivity index (χ1n) is 10.6. The van der Waals surface area contributed by atoms with E-state index in [4.69, 9.17) is 4.74 Å². The number of nitrogens with one attached hydrogen (secondary N) is 2. The fraction of sp³-hybridized carbons (Fsp3) is 0.478. The minimum absolute atomic E-state index is 0.0256. The highest BCUT2D eigenvalue weighted by atomic mass is 19.1. The molecule has 2 aromatic carbocycles. The predicted octanol–water partition coefficient (Wildman–Crippen LogP) is 3.37. The molecule has 2 fully saturated rings. The fourth-order valence-corrected chi connectivity index (χ4v) is 5.23. The van der Waals surface area contributed by atoms with Gasteiger partial charge in [-0.25, -0.2) is 8.78 Å². The SMILES string of the molecule is Fc1cccc(F)c1C1CNNC1C1CCCN(Cc2ccc3c(c2)CCO3)C1. The van der Waals surface area contributed by atoms with Crippen LogP contribution in [0.3, 0.4) is 0 Å². The van der Waals surface area contributed by atoms with Crippen LogP contribution in [0.4, 0.5) is 8.78 Å². The molecule has 3 aliphatic heterocycles. The number of benzene rings is 2. The number of hydrazine groups is 1. The molecule has 0 saturated carbocycles. The normalized spacial score (nSPS) is 27.0. The van der Waals surface area contributed by atoms with E-state index in [1.54, 1.807) is 0 Å². The van der Waals surface area contributed by atoms with E-state index in [-0.39, 0.29) is 17.5 Å². The van der Waals surface area contributed by atoms with Crippen molar-refractivity contribution in [3.05, 3.63) is 64.7 Å². The molecular weight excluding hydrogens is 372 g/mol. The Hall–Kier alpha value is -2.02. The molecule has 0 amide bonds. The van der Waals surface area contributed by atoms with E-state index in [1.165, 1.54) is 29.3 Å². The second-order valence-corrected chi connectivity index (χ2v) is 8.47. The second-order valence-electron chi connectivity index (χ2n) is 8.47. The quantitative estimate of drug-likeness (QED) is 0.827. The van der Waals surface area contributed by atoms with Gasteiger partial charge < -0.3 is 4.74 Å². The van der Waals surface area contributed by atoms with E-state index in [0.717, 1.165) is 51.3 Å². The van der Waals surface area contributed by atoms with Crippen molar-refractivity contribution in [2.45, 2.75) is 37.8 Å².